The summed E-state index contributed by atoms with van der Waals surface area (Å²) in [6.07, 6.45) is 4.65. The lowest BCUT2D eigenvalue weighted by atomic mass is 9.93. The third-order valence-corrected chi connectivity index (χ3v) is 17.8. The summed E-state index contributed by atoms with van der Waals surface area (Å²) in [5.41, 5.74) is 1.32. The number of rotatable bonds is 5. The van der Waals surface area contributed by atoms with Gasteiger partial charge in [0.15, 0.2) is 16.6 Å². The molecular formula is C30H49F4NO2Si2. The Morgan fingerprint density at radius 3 is 1.64 bits per heavy atom. The fourth-order valence-corrected chi connectivity index (χ4v) is 6.95. The van der Waals surface area contributed by atoms with Crippen LogP contribution in [-0.4, -0.2) is 40.0 Å². The lowest BCUT2D eigenvalue weighted by Crippen LogP contribution is -2.44. The molecule has 1 aromatic rings. The van der Waals surface area contributed by atoms with Crippen molar-refractivity contribution in [3.63, 3.8) is 0 Å². The van der Waals surface area contributed by atoms with Gasteiger partial charge in [-0.05, 0) is 92.5 Å². The number of allylic oxidation sites excluding steroid dienone is 2. The van der Waals surface area contributed by atoms with Crippen molar-refractivity contribution in [2.24, 2.45) is 0 Å². The van der Waals surface area contributed by atoms with E-state index in [1.54, 1.807) is 6.07 Å². The zero-order chi connectivity index (χ0) is 29.9. The molecule has 9 heteroatoms. The number of nitrogens with zero attached hydrogens (tertiary/aromatic N) is 1. The maximum atomic E-state index is 13.7. The van der Waals surface area contributed by atoms with E-state index in [9.17, 15) is 17.6 Å². The van der Waals surface area contributed by atoms with E-state index < -0.39 is 28.4 Å². The van der Waals surface area contributed by atoms with Gasteiger partial charge in [-0.2, -0.15) is 17.6 Å². The van der Waals surface area contributed by atoms with Crippen LogP contribution < -0.4 is 0 Å². The van der Waals surface area contributed by atoms with E-state index >= 15 is 0 Å². The van der Waals surface area contributed by atoms with E-state index in [0.717, 1.165) is 24.8 Å². The van der Waals surface area contributed by atoms with Crippen LogP contribution in [0.2, 0.25) is 36.3 Å². The molecule has 0 aliphatic heterocycles. The van der Waals surface area contributed by atoms with Crippen LogP contribution in [0.1, 0.15) is 85.6 Å². The van der Waals surface area contributed by atoms with Crippen LogP contribution in [-0.2, 0) is 8.85 Å². The van der Waals surface area contributed by atoms with Gasteiger partial charge in [-0.3, -0.25) is 0 Å². The fraction of sp³-hybridized carbons (Fsp3) is 0.700. The number of halogens is 4. The maximum Gasteiger partial charge on any atom is 0.412 e. The largest absolute Gasteiger partial charge is 0.414 e. The van der Waals surface area contributed by atoms with Crippen molar-refractivity contribution in [1.82, 2.24) is 4.98 Å². The van der Waals surface area contributed by atoms with Gasteiger partial charge in [0.1, 0.15) is 0 Å². The van der Waals surface area contributed by atoms with E-state index in [-0.39, 0.29) is 34.7 Å². The van der Waals surface area contributed by atoms with E-state index in [2.05, 4.69) is 78.8 Å². The van der Waals surface area contributed by atoms with Gasteiger partial charge in [0.05, 0.1) is 0 Å². The highest BCUT2D eigenvalue weighted by molar-refractivity contribution is 6.74. The SMILES string of the molecule is CC(C)(C)[Si](C)(C)OC1CC=C(C(F)(F)F)CC1.CC(C)(C)[Si](C)(C)OC1CC=C(c2cccnc2F)CC1. The molecule has 2 atom stereocenters. The Morgan fingerprint density at radius 1 is 0.795 bits per heavy atom. The van der Waals surface area contributed by atoms with Gasteiger partial charge in [-0.25, -0.2) is 4.98 Å². The molecule has 3 nitrogen and oxygen atoms in total. The van der Waals surface area contributed by atoms with Crippen LogP contribution >= 0.6 is 0 Å². The second-order valence-corrected chi connectivity index (χ2v) is 23.4. The standard InChI is InChI=1S/C17H26FNOSi.C13H23F3OSi/c1-17(2,3)21(4,5)20-14-10-8-13(9-11-14)15-7-6-12-19-16(15)18;1-12(2,3)18(4,5)17-11-8-6-10(7-9-11)13(14,15)16/h6-8,12,14H,9-11H2,1-5H3;6,11H,7-9H2,1-5H3. The normalized spacial score (nSPS) is 21.5. The van der Waals surface area contributed by atoms with Gasteiger partial charge in [-0.1, -0.05) is 53.7 Å². The number of aromatic nitrogens is 1. The molecule has 0 fully saturated rings. The number of pyridine rings is 1. The van der Waals surface area contributed by atoms with Crippen molar-refractivity contribution < 1.29 is 26.4 Å². The van der Waals surface area contributed by atoms with Gasteiger partial charge in [0.25, 0.3) is 0 Å². The molecule has 2 aliphatic rings. The topological polar surface area (TPSA) is 31.4 Å². The Labute approximate surface area is 235 Å². The average molecular weight is 588 g/mol. The zero-order valence-electron chi connectivity index (χ0n) is 25.6. The number of hydrogen-bond donors (Lipinski definition) is 0. The molecular weight excluding hydrogens is 538 g/mol. The van der Waals surface area contributed by atoms with Crippen LogP contribution in [0.3, 0.4) is 0 Å². The lowest BCUT2D eigenvalue weighted by molar-refractivity contribution is -0.0961. The molecule has 0 amide bonds. The Hall–Kier alpha value is -1.30. The van der Waals surface area contributed by atoms with E-state index in [0.29, 0.717) is 18.4 Å². The molecule has 2 aliphatic carbocycles. The summed E-state index contributed by atoms with van der Waals surface area (Å²) in [6, 6.07) is 3.60. The van der Waals surface area contributed by atoms with Crippen LogP contribution in [0.4, 0.5) is 17.6 Å². The zero-order valence-corrected chi connectivity index (χ0v) is 27.6. The minimum Gasteiger partial charge on any atom is -0.414 e. The molecule has 0 bridgehead atoms. The summed E-state index contributed by atoms with van der Waals surface area (Å²) in [4.78, 5) is 3.73. The van der Waals surface area contributed by atoms with Gasteiger partial charge in [0.2, 0.25) is 5.95 Å². The third kappa shape index (κ3) is 9.64. The second kappa shape index (κ2) is 12.7. The first-order chi connectivity index (χ1) is 17.6. The van der Waals surface area contributed by atoms with Gasteiger partial charge in [-0.15, -0.1) is 0 Å². The van der Waals surface area contributed by atoms with E-state index in [1.807, 2.05) is 6.07 Å². The van der Waals surface area contributed by atoms with Crippen LogP contribution in [0, 0.1) is 5.95 Å². The molecule has 0 aromatic carbocycles. The summed E-state index contributed by atoms with van der Waals surface area (Å²) in [7, 11) is -3.59. The average Bonchev–Trinajstić information content (AvgIpc) is 2.78. The Kier molecular flexibility index (Phi) is 11.0. The predicted molar refractivity (Wildman–Crippen MR) is 158 cm³/mol. The Morgan fingerprint density at radius 2 is 1.28 bits per heavy atom. The van der Waals surface area contributed by atoms with Crippen molar-refractivity contribution >= 4 is 22.2 Å². The highest BCUT2D eigenvalue weighted by Gasteiger charge is 2.41. The Balaban J connectivity index is 0.000000277. The molecule has 2 unspecified atom stereocenters. The molecule has 1 heterocycles. The molecule has 0 spiro atoms. The van der Waals surface area contributed by atoms with Crippen molar-refractivity contribution in [3.05, 3.63) is 47.6 Å². The van der Waals surface area contributed by atoms with Gasteiger partial charge in [0, 0.05) is 29.5 Å². The van der Waals surface area contributed by atoms with Crippen molar-refractivity contribution in [2.45, 2.75) is 135 Å². The lowest BCUT2D eigenvalue weighted by Gasteiger charge is -2.40. The summed E-state index contributed by atoms with van der Waals surface area (Å²) < 4.78 is 63.8. The second-order valence-electron chi connectivity index (χ2n) is 13.8. The molecule has 0 saturated heterocycles. The summed E-state index contributed by atoms with van der Waals surface area (Å²) in [6.45, 7) is 22.0. The fourth-order valence-electron chi connectivity index (χ4n) is 4.15. The molecule has 3 rings (SSSR count). The van der Waals surface area contributed by atoms with Crippen LogP contribution in [0.25, 0.3) is 5.57 Å². The van der Waals surface area contributed by atoms with Crippen LogP contribution in [0.15, 0.2) is 36.1 Å². The molecule has 1 aromatic heterocycles. The summed E-state index contributed by atoms with van der Waals surface area (Å²) >= 11 is 0. The van der Waals surface area contributed by atoms with Crippen molar-refractivity contribution in [1.29, 1.82) is 0 Å². The number of hydrogen-bond acceptors (Lipinski definition) is 3. The summed E-state index contributed by atoms with van der Waals surface area (Å²) in [5.74, 6) is -0.368. The smallest absolute Gasteiger partial charge is 0.412 e. The van der Waals surface area contributed by atoms with Crippen molar-refractivity contribution in [2.75, 3.05) is 0 Å². The first-order valence-electron chi connectivity index (χ1n) is 14.1. The molecule has 0 radical (unpaired) electrons. The third-order valence-electron chi connectivity index (χ3n) is 8.73. The monoisotopic (exact) mass is 587 g/mol. The first kappa shape index (κ1) is 33.9. The highest BCUT2D eigenvalue weighted by Crippen LogP contribution is 2.41. The van der Waals surface area contributed by atoms with Gasteiger partial charge >= 0.3 is 6.18 Å². The molecule has 222 valence electrons. The summed E-state index contributed by atoms with van der Waals surface area (Å²) in [5, 5.41) is 0.327. The molecule has 39 heavy (non-hydrogen) atoms. The molecule has 0 saturated carbocycles. The predicted octanol–water partition coefficient (Wildman–Crippen LogP) is 10.2. The first-order valence-corrected chi connectivity index (χ1v) is 19.9. The van der Waals surface area contributed by atoms with Crippen LogP contribution in [0.5, 0.6) is 0 Å². The highest BCUT2D eigenvalue weighted by atomic mass is 28.4. The van der Waals surface area contributed by atoms with E-state index in [4.69, 9.17) is 8.85 Å². The minimum atomic E-state index is -4.16. The van der Waals surface area contributed by atoms with Gasteiger partial charge < -0.3 is 8.85 Å². The number of alkyl halides is 3. The quantitative estimate of drug-likeness (QED) is 0.149. The Bertz CT molecular complexity index is 1020. The minimum absolute atomic E-state index is 0.0445. The maximum absolute atomic E-state index is 13.7. The molecule has 0 N–H and O–H groups in total. The van der Waals surface area contributed by atoms with E-state index in [1.165, 1.54) is 12.3 Å². The van der Waals surface area contributed by atoms with Crippen molar-refractivity contribution in [3.8, 4) is 0 Å².